The van der Waals surface area contributed by atoms with E-state index in [1.165, 1.54) is 17.9 Å². The second-order valence-corrected chi connectivity index (χ2v) is 5.44. The zero-order valence-corrected chi connectivity index (χ0v) is 13.7. The van der Waals surface area contributed by atoms with Crippen molar-refractivity contribution in [1.82, 2.24) is 4.57 Å². The molecule has 2 rings (SSSR count). The summed E-state index contributed by atoms with van der Waals surface area (Å²) in [6.07, 6.45) is 1.33. The zero-order chi connectivity index (χ0) is 17.1. The van der Waals surface area contributed by atoms with Crippen molar-refractivity contribution in [2.45, 2.75) is 20.0 Å². The number of ether oxygens (including phenoxy) is 2. The molecule has 120 valence electrons. The number of anilines is 1. The van der Waals surface area contributed by atoms with E-state index in [1.54, 1.807) is 18.2 Å². The van der Waals surface area contributed by atoms with Gasteiger partial charge in [-0.3, -0.25) is 0 Å². The van der Waals surface area contributed by atoms with E-state index in [-0.39, 0.29) is 23.0 Å². The Balaban J connectivity index is 2.75. The molecule has 2 aromatic rings. The first-order valence-electron chi connectivity index (χ1n) is 6.85. The number of nitrogen functional groups attached to an aromatic ring is 1. The van der Waals surface area contributed by atoms with Crippen molar-refractivity contribution < 1.29 is 14.3 Å². The minimum atomic E-state index is -0.653. The Labute approximate surface area is 139 Å². The summed E-state index contributed by atoms with van der Waals surface area (Å²) in [6.45, 7) is 3.72. The van der Waals surface area contributed by atoms with Gasteiger partial charge in [0, 0.05) is 6.20 Å². The Hall–Kier alpha value is -2.65. The van der Waals surface area contributed by atoms with E-state index in [0.717, 1.165) is 0 Å². The monoisotopic (exact) mass is 333 g/mol. The van der Waals surface area contributed by atoms with Crippen LogP contribution in [0, 0.1) is 11.3 Å². The minimum Gasteiger partial charge on any atom is -0.487 e. The predicted octanol–water partition coefficient (Wildman–Crippen LogP) is 3.16. The van der Waals surface area contributed by atoms with Crippen molar-refractivity contribution in [3.8, 4) is 17.5 Å². The first-order valence-corrected chi connectivity index (χ1v) is 7.23. The third-order valence-electron chi connectivity index (χ3n) is 3.10. The number of benzene rings is 1. The van der Waals surface area contributed by atoms with Gasteiger partial charge >= 0.3 is 5.97 Å². The van der Waals surface area contributed by atoms with Crippen LogP contribution in [0.2, 0.25) is 5.02 Å². The predicted molar refractivity (Wildman–Crippen MR) is 87.0 cm³/mol. The lowest BCUT2D eigenvalue weighted by molar-refractivity contribution is 0.0593. The highest BCUT2D eigenvalue weighted by atomic mass is 35.5. The van der Waals surface area contributed by atoms with Gasteiger partial charge in [0.1, 0.15) is 6.07 Å². The maximum atomic E-state index is 12.1. The summed E-state index contributed by atoms with van der Waals surface area (Å²) in [7, 11) is 1.24. The molecular weight excluding hydrogens is 318 g/mol. The molecule has 0 saturated carbocycles. The normalized spacial score (nSPS) is 10.4. The van der Waals surface area contributed by atoms with E-state index in [0.29, 0.717) is 16.5 Å². The second kappa shape index (κ2) is 6.63. The molecule has 0 saturated heterocycles. The first-order chi connectivity index (χ1) is 10.9. The van der Waals surface area contributed by atoms with E-state index in [4.69, 9.17) is 26.8 Å². The standard InChI is InChI=1S/C16H16ClN3O3/c1-9(2)23-15-11(17)5-4-6-12(15)20-8-10(7-18)13(19)14(20)16(21)22-3/h4-6,8-9H,19H2,1-3H3. The molecule has 7 heteroatoms. The number of nitrogens with zero attached hydrogens (tertiary/aromatic N) is 2. The smallest absolute Gasteiger partial charge is 0.357 e. The Morgan fingerprint density at radius 3 is 2.70 bits per heavy atom. The fourth-order valence-corrected chi connectivity index (χ4v) is 2.36. The quantitative estimate of drug-likeness (QED) is 0.868. The van der Waals surface area contributed by atoms with Gasteiger partial charge in [-0.2, -0.15) is 5.26 Å². The van der Waals surface area contributed by atoms with Crippen LogP contribution in [0.25, 0.3) is 5.69 Å². The summed E-state index contributed by atoms with van der Waals surface area (Å²) in [5.74, 6) is -0.256. The third-order valence-corrected chi connectivity index (χ3v) is 3.40. The molecule has 0 unspecified atom stereocenters. The van der Waals surface area contributed by atoms with Gasteiger partial charge in [-0.1, -0.05) is 17.7 Å². The van der Waals surface area contributed by atoms with Gasteiger partial charge < -0.3 is 19.8 Å². The molecule has 0 spiro atoms. The average molecular weight is 334 g/mol. The largest absolute Gasteiger partial charge is 0.487 e. The highest BCUT2D eigenvalue weighted by Gasteiger charge is 2.24. The lowest BCUT2D eigenvalue weighted by Gasteiger charge is -2.17. The van der Waals surface area contributed by atoms with Gasteiger partial charge in [0.2, 0.25) is 0 Å². The molecule has 0 amide bonds. The SMILES string of the molecule is COC(=O)c1c(N)c(C#N)cn1-c1cccc(Cl)c1OC(C)C. The number of methoxy groups -OCH3 is 1. The highest BCUT2D eigenvalue weighted by molar-refractivity contribution is 6.32. The molecule has 23 heavy (non-hydrogen) atoms. The van der Waals surface area contributed by atoms with E-state index < -0.39 is 5.97 Å². The van der Waals surface area contributed by atoms with Crippen LogP contribution in [0.5, 0.6) is 5.75 Å². The number of hydrogen-bond donors (Lipinski definition) is 1. The maximum absolute atomic E-state index is 12.1. The number of para-hydroxylation sites is 1. The molecule has 1 aromatic heterocycles. The summed E-state index contributed by atoms with van der Waals surface area (Å²) in [5.41, 5.74) is 6.67. The molecule has 0 bridgehead atoms. The summed E-state index contributed by atoms with van der Waals surface area (Å²) >= 11 is 6.22. The first kappa shape index (κ1) is 16.7. The maximum Gasteiger partial charge on any atom is 0.357 e. The van der Waals surface area contributed by atoms with Crippen molar-refractivity contribution in [3.05, 3.63) is 40.7 Å². The number of carbonyl (C=O) groups excluding carboxylic acids is 1. The van der Waals surface area contributed by atoms with Crippen molar-refractivity contribution in [1.29, 1.82) is 5.26 Å². The average Bonchev–Trinajstić information content (AvgIpc) is 2.84. The van der Waals surface area contributed by atoms with E-state index in [9.17, 15) is 10.1 Å². The number of aromatic nitrogens is 1. The third kappa shape index (κ3) is 3.10. The number of carbonyl (C=O) groups is 1. The minimum absolute atomic E-state index is 0.0508. The fraction of sp³-hybridized carbons (Fsp3) is 0.250. The van der Waals surface area contributed by atoms with Crippen molar-refractivity contribution in [2.75, 3.05) is 12.8 Å². The molecule has 0 fully saturated rings. The molecule has 6 nitrogen and oxygen atoms in total. The molecule has 0 aliphatic rings. The van der Waals surface area contributed by atoms with Crippen LogP contribution >= 0.6 is 11.6 Å². The Kier molecular flexibility index (Phi) is 4.82. The van der Waals surface area contributed by atoms with Crippen LogP contribution in [0.3, 0.4) is 0 Å². The Morgan fingerprint density at radius 1 is 1.43 bits per heavy atom. The van der Waals surface area contributed by atoms with Crippen LogP contribution < -0.4 is 10.5 Å². The Morgan fingerprint density at radius 2 is 2.13 bits per heavy atom. The number of esters is 1. The molecule has 0 aliphatic carbocycles. The summed E-state index contributed by atoms with van der Waals surface area (Å²) in [4.78, 5) is 12.1. The summed E-state index contributed by atoms with van der Waals surface area (Å²) in [5, 5.41) is 9.56. The van der Waals surface area contributed by atoms with Crippen LogP contribution in [0.15, 0.2) is 24.4 Å². The van der Waals surface area contributed by atoms with Gasteiger partial charge in [0.25, 0.3) is 0 Å². The summed E-state index contributed by atoms with van der Waals surface area (Å²) in [6, 6.07) is 7.07. The van der Waals surface area contributed by atoms with E-state index in [2.05, 4.69) is 0 Å². The number of nitriles is 1. The van der Waals surface area contributed by atoms with Gasteiger partial charge in [0.05, 0.1) is 35.2 Å². The second-order valence-electron chi connectivity index (χ2n) is 5.03. The van der Waals surface area contributed by atoms with Gasteiger partial charge in [-0.15, -0.1) is 0 Å². The van der Waals surface area contributed by atoms with E-state index in [1.807, 2.05) is 19.9 Å². The van der Waals surface area contributed by atoms with Crippen molar-refractivity contribution >= 4 is 23.3 Å². The molecule has 1 aromatic carbocycles. The zero-order valence-electron chi connectivity index (χ0n) is 13.0. The number of nitrogens with two attached hydrogens (primary N) is 1. The Bertz CT molecular complexity index is 791. The molecule has 0 atom stereocenters. The molecule has 1 heterocycles. The molecule has 2 N–H and O–H groups in total. The van der Waals surface area contributed by atoms with Crippen LogP contribution in [0.4, 0.5) is 5.69 Å². The van der Waals surface area contributed by atoms with E-state index >= 15 is 0 Å². The number of hydrogen-bond acceptors (Lipinski definition) is 5. The van der Waals surface area contributed by atoms with Crippen molar-refractivity contribution in [2.24, 2.45) is 0 Å². The number of rotatable bonds is 4. The molecular formula is C16H16ClN3O3. The molecule has 0 radical (unpaired) electrons. The van der Waals surface area contributed by atoms with Gasteiger partial charge in [-0.05, 0) is 26.0 Å². The van der Waals surface area contributed by atoms with Gasteiger partial charge in [0.15, 0.2) is 11.4 Å². The van der Waals surface area contributed by atoms with Crippen molar-refractivity contribution in [3.63, 3.8) is 0 Å². The fourth-order valence-electron chi connectivity index (χ4n) is 2.14. The van der Waals surface area contributed by atoms with Crippen LogP contribution in [-0.4, -0.2) is 23.8 Å². The van der Waals surface area contributed by atoms with Crippen LogP contribution in [0.1, 0.15) is 29.9 Å². The summed E-state index contributed by atoms with van der Waals surface area (Å²) < 4.78 is 12.0. The van der Waals surface area contributed by atoms with Crippen LogP contribution in [-0.2, 0) is 4.74 Å². The number of halogens is 1. The lowest BCUT2D eigenvalue weighted by Crippen LogP contribution is -2.13. The molecule has 0 aliphatic heterocycles. The highest BCUT2D eigenvalue weighted by Crippen LogP contribution is 2.35. The lowest BCUT2D eigenvalue weighted by atomic mass is 10.2. The van der Waals surface area contributed by atoms with Gasteiger partial charge in [-0.25, -0.2) is 4.79 Å². The topological polar surface area (TPSA) is 90.3 Å².